The van der Waals surface area contributed by atoms with E-state index in [0.29, 0.717) is 6.04 Å². The molecule has 1 aliphatic heterocycles. The molecule has 0 fully saturated rings. The quantitative estimate of drug-likeness (QED) is 0.706. The minimum Gasteiger partial charge on any atom is -0.299 e. The van der Waals surface area contributed by atoms with Crippen LogP contribution >= 0.6 is 0 Å². The first-order chi connectivity index (χ1) is 7.47. The van der Waals surface area contributed by atoms with Gasteiger partial charge in [0.25, 0.3) is 0 Å². The monoisotopic (exact) mass is 233 g/mol. The Labute approximate surface area is 100 Å². The van der Waals surface area contributed by atoms with E-state index >= 15 is 0 Å². The van der Waals surface area contributed by atoms with Crippen molar-refractivity contribution in [1.29, 1.82) is 0 Å². The van der Waals surface area contributed by atoms with Crippen LogP contribution in [-0.4, -0.2) is 26.6 Å². The predicted molar refractivity (Wildman–Crippen MR) is 73.7 cm³/mol. The highest BCUT2D eigenvalue weighted by molar-refractivity contribution is 6.76. The van der Waals surface area contributed by atoms with E-state index in [9.17, 15) is 0 Å². The zero-order chi connectivity index (χ0) is 11.8. The zero-order valence-electron chi connectivity index (χ0n) is 11.0. The molecule has 0 N–H and O–H groups in total. The molecule has 0 aromatic heterocycles. The Hall–Kier alpha value is -0.603. The predicted octanol–water partition coefficient (Wildman–Crippen LogP) is 3.55. The molecule has 2 rings (SSSR count). The van der Waals surface area contributed by atoms with E-state index < -0.39 is 8.07 Å². The molecule has 0 saturated heterocycles. The molecular formula is C14H23NSi. The largest absolute Gasteiger partial charge is 0.299 e. The van der Waals surface area contributed by atoms with Crippen molar-refractivity contribution in [2.45, 2.75) is 38.1 Å². The van der Waals surface area contributed by atoms with Crippen molar-refractivity contribution < 1.29 is 0 Å². The van der Waals surface area contributed by atoms with Gasteiger partial charge < -0.3 is 0 Å². The summed E-state index contributed by atoms with van der Waals surface area (Å²) in [5, 5.41) is 0. The van der Waals surface area contributed by atoms with Gasteiger partial charge in [0, 0.05) is 20.7 Å². The third-order valence-electron chi connectivity index (χ3n) is 3.49. The number of hydrogen-bond acceptors (Lipinski definition) is 1. The standard InChI is InChI=1S/C14H23NSi/c1-15-10-9-12-7-5-6-8-13(12)14(15)11-16(2,3)4/h5-8,14H,9-11H2,1-4H3. The van der Waals surface area contributed by atoms with Gasteiger partial charge in [0.2, 0.25) is 0 Å². The number of benzene rings is 1. The molecule has 1 nitrogen and oxygen atoms in total. The molecule has 1 atom stereocenters. The molecule has 0 bridgehead atoms. The Balaban J connectivity index is 2.30. The topological polar surface area (TPSA) is 3.24 Å². The molecule has 16 heavy (non-hydrogen) atoms. The summed E-state index contributed by atoms with van der Waals surface area (Å²) in [6.45, 7) is 8.63. The van der Waals surface area contributed by atoms with E-state index in [1.807, 2.05) is 0 Å². The van der Waals surface area contributed by atoms with Crippen molar-refractivity contribution in [2.75, 3.05) is 13.6 Å². The van der Waals surface area contributed by atoms with Crippen LogP contribution in [0.2, 0.25) is 25.7 Å². The van der Waals surface area contributed by atoms with E-state index in [4.69, 9.17) is 0 Å². The lowest BCUT2D eigenvalue weighted by Crippen LogP contribution is -2.36. The lowest BCUT2D eigenvalue weighted by Gasteiger charge is -2.37. The zero-order valence-corrected chi connectivity index (χ0v) is 12.0. The minimum absolute atomic E-state index is 0.664. The SMILES string of the molecule is CN1CCc2ccccc2C1C[Si](C)(C)C. The molecule has 0 saturated carbocycles. The molecule has 1 aromatic rings. The van der Waals surface area contributed by atoms with Crippen LogP contribution in [0.25, 0.3) is 0 Å². The van der Waals surface area contributed by atoms with Crippen LogP contribution in [0.15, 0.2) is 24.3 Å². The fraction of sp³-hybridized carbons (Fsp3) is 0.571. The average Bonchev–Trinajstić information content (AvgIpc) is 2.21. The molecule has 88 valence electrons. The van der Waals surface area contributed by atoms with Gasteiger partial charge in [0.15, 0.2) is 0 Å². The van der Waals surface area contributed by atoms with Gasteiger partial charge in [0.05, 0.1) is 0 Å². The highest BCUT2D eigenvalue weighted by Crippen LogP contribution is 2.34. The van der Waals surface area contributed by atoms with Crippen LogP contribution in [0.5, 0.6) is 0 Å². The number of hydrogen-bond donors (Lipinski definition) is 0. The summed E-state index contributed by atoms with van der Waals surface area (Å²) in [5.41, 5.74) is 3.16. The van der Waals surface area contributed by atoms with Gasteiger partial charge in [-0.25, -0.2) is 0 Å². The van der Waals surface area contributed by atoms with Gasteiger partial charge >= 0.3 is 0 Å². The first-order valence-corrected chi connectivity index (χ1v) is 9.96. The minimum atomic E-state index is -0.997. The smallest absolute Gasteiger partial charge is 0.0461 e. The maximum Gasteiger partial charge on any atom is 0.0461 e. The van der Waals surface area contributed by atoms with Crippen LogP contribution in [-0.2, 0) is 6.42 Å². The Morgan fingerprint density at radius 2 is 1.94 bits per heavy atom. The van der Waals surface area contributed by atoms with Crippen molar-refractivity contribution in [1.82, 2.24) is 4.90 Å². The summed E-state index contributed by atoms with van der Waals surface area (Å²) < 4.78 is 0. The van der Waals surface area contributed by atoms with Gasteiger partial charge in [-0.05, 0) is 30.6 Å². The van der Waals surface area contributed by atoms with E-state index in [1.54, 1.807) is 11.1 Å². The highest BCUT2D eigenvalue weighted by Gasteiger charge is 2.28. The second-order valence-electron chi connectivity index (χ2n) is 6.21. The molecule has 1 unspecified atom stereocenters. The third-order valence-corrected chi connectivity index (χ3v) is 5.10. The fourth-order valence-electron chi connectivity index (χ4n) is 2.62. The second kappa shape index (κ2) is 4.34. The first-order valence-electron chi connectivity index (χ1n) is 6.25. The summed E-state index contributed by atoms with van der Waals surface area (Å²) in [6, 6.07) is 11.0. The van der Waals surface area contributed by atoms with Crippen LogP contribution in [0, 0.1) is 0 Å². The maximum absolute atomic E-state index is 2.54. The van der Waals surface area contributed by atoms with Crippen molar-refractivity contribution in [2.24, 2.45) is 0 Å². The number of fused-ring (bicyclic) bond motifs is 1. The van der Waals surface area contributed by atoms with Crippen LogP contribution < -0.4 is 0 Å². The average molecular weight is 233 g/mol. The molecule has 1 aliphatic rings. The van der Waals surface area contributed by atoms with Gasteiger partial charge in [-0.1, -0.05) is 43.9 Å². The van der Waals surface area contributed by atoms with E-state index in [-0.39, 0.29) is 0 Å². The second-order valence-corrected chi connectivity index (χ2v) is 11.7. The third kappa shape index (κ3) is 2.55. The van der Waals surface area contributed by atoms with Crippen molar-refractivity contribution in [3.05, 3.63) is 35.4 Å². The molecular weight excluding hydrogens is 210 g/mol. The number of likely N-dealkylation sites (N-methyl/N-ethyl adjacent to an activating group) is 1. The molecule has 2 heteroatoms. The molecule has 1 aromatic carbocycles. The van der Waals surface area contributed by atoms with Crippen molar-refractivity contribution in [3.8, 4) is 0 Å². The van der Waals surface area contributed by atoms with E-state index in [0.717, 1.165) is 0 Å². The maximum atomic E-state index is 2.54. The molecule has 0 radical (unpaired) electrons. The normalized spacial score (nSPS) is 21.9. The van der Waals surface area contributed by atoms with Crippen LogP contribution in [0.3, 0.4) is 0 Å². The Morgan fingerprint density at radius 1 is 1.25 bits per heavy atom. The molecule has 0 amide bonds. The lowest BCUT2D eigenvalue weighted by atomic mass is 9.94. The lowest BCUT2D eigenvalue weighted by molar-refractivity contribution is 0.246. The summed E-state index contributed by atoms with van der Waals surface area (Å²) in [4.78, 5) is 2.54. The number of nitrogens with zero attached hydrogens (tertiary/aromatic N) is 1. The molecule has 0 aliphatic carbocycles. The fourth-order valence-corrected chi connectivity index (χ4v) is 4.31. The van der Waals surface area contributed by atoms with Gasteiger partial charge in [-0.3, -0.25) is 4.90 Å². The summed E-state index contributed by atoms with van der Waals surface area (Å²) in [6.07, 6.45) is 1.22. The van der Waals surface area contributed by atoms with Crippen molar-refractivity contribution >= 4 is 8.07 Å². The van der Waals surface area contributed by atoms with E-state index in [2.05, 4.69) is 55.9 Å². The van der Waals surface area contributed by atoms with E-state index in [1.165, 1.54) is 19.0 Å². The summed E-state index contributed by atoms with van der Waals surface area (Å²) in [7, 11) is 1.28. The Kier molecular flexibility index (Phi) is 3.22. The Bertz CT molecular complexity index is 367. The summed E-state index contributed by atoms with van der Waals surface area (Å²) >= 11 is 0. The molecule has 1 heterocycles. The van der Waals surface area contributed by atoms with Crippen LogP contribution in [0.4, 0.5) is 0 Å². The van der Waals surface area contributed by atoms with Gasteiger partial charge in [-0.2, -0.15) is 0 Å². The summed E-state index contributed by atoms with van der Waals surface area (Å²) in [5.74, 6) is 0. The van der Waals surface area contributed by atoms with Crippen molar-refractivity contribution in [3.63, 3.8) is 0 Å². The first kappa shape index (κ1) is 11.9. The number of rotatable bonds is 2. The molecule has 0 spiro atoms. The van der Waals surface area contributed by atoms with Crippen LogP contribution in [0.1, 0.15) is 17.2 Å². The highest BCUT2D eigenvalue weighted by atomic mass is 28.3. The Morgan fingerprint density at radius 3 is 2.62 bits per heavy atom. The van der Waals surface area contributed by atoms with Gasteiger partial charge in [0.1, 0.15) is 0 Å². The van der Waals surface area contributed by atoms with Gasteiger partial charge in [-0.15, -0.1) is 0 Å².